The Balaban J connectivity index is 1.68. The molecule has 1 heterocycles. The van der Waals surface area contributed by atoms with E-state index < -0.39 is 11.1 Å². The van der Waals surface area contributed by atoms with E-state index in [4.69, 9.17) is 13.9 Å². The lowest BCUT2D eigenvalue weighted by Gasteiger charge is -2.12. The first-order valence-electron chi connectivity index (χ1n) is 9.92. The number of nitrogens with zero attached hydrogens (tertiary/aromatic N) is 1. The number of pyridine rings is 1. The molecule has 0 amide bonds. The Hall–Kier alpha value is -2.45. The van der Waals surface area contributed by atoms with Gasteiger partial charge in [0.2, 0.25) is 0 Å². The Morgan fingerprint density at radius 3 is 2.58 bits per heavy atom. The van der Waals surface area contributed by atoms with Gasteiger partial charge in [-0.2, -0.15) is 0 Å². The van der Waals surface area contributed by atoms with Crippen molar-refractivity contribution in [3.8, 4) is 17.0 Å². The summed E-state index contributed by atoms with van der Waals surface area (Å²) in [6, 6.07) is 22.4. The van der Waals surface area contributed by atoms with Crippen molar-refractivity contribution in [2.75, 3.05) is 19.5 Å². The molecule has 0 N–H and O–H groups in total. The van der Waals surface area contributed by atoms with Gasteiger partial charge in [0.1, 0.15) is 5.75 Å². The number of hydrogen-bond donors (Lipinski definition) is 0. The van der Waals surface area contributed by atoms with E-state index in [2.05, 4.69) is 24.3 Å². The second kappa shape index (κ2) is 10.2. The van der Waals surface area contributed by atoms with E-state index >= 15 is 0 Å². The fourth-order valence-corrected chi connectivity index (χ4v) is 4.30. The van der Waals surface area contributed by atoms with Gasteiger partial charge in [-0.15, -0.1) is 0 Å². The van der Waals surface area contributed by atoms with Crippen molar-refractivity contribution in [1.82, 2.24) is 4.98 Å². The largest absolute Gasteiger partial charge is 0.772 e. The molecule has 4 rings (SSSR count). The van der Waals surface area contributed by atoms with E-state index in [1.807, 2.05) is 42.5 Å². The molecule has 1 unspecified atom stereocenters. The van der Waals surface area contributed by atoms with Gasteiger partial charge >= 0.3 is 0 Å². The number of ether oxygens (including phenoxy) is 1. The summed E-state index contributed by atoms with van der Waals surface area (Å²) < 4.78 is 32.0. The average molecular weight is 453 g/mol. The van der Waals surface area contributed by atoms with Gasteiger partial charge < -0.3 is 13.5 Å². The van der Waals surface area contributed by atoms with E-state index in [9.17, 15) is 8.76 Å². The first-order chi connectivity index (χ1) is 15.2. The predicted molar refractivity (Wildman–Crippen MR) is 127 cm³/mol. The van der Waals surface area contributed by atoms with E-state index in [0.29, 0.717) is 18.8 Å². The third-order valence-corrected chi connectivity index (χ3v) is 6.27. The first-order valence-corrected chi connectivity index (χ1v) is 12.1. The SMILES string of the molecule is COSCc1ccc2c(-c3ccc(OCCCS(=O)[O-])cc3)nc3ccccc3c2c1. The summed E-state index contributed by atoms with van der Waals surface area (Å²) in [5.74, 6) is 1.60. The Labute approximate surface area is 188 Å². The molecule has 1 aromatic heterocycles. The lowest BCUT2D eigenvalue weighted by molar-refractivity contribution is 0.317. The van der Waals surface area contributed by atoms with Crippen LogP contribution in [0, 0.1) is 0 Å². The highest BCUT2D eigenvalue weighted by Crippen LogP contribution is 2.34. The lowest BCUT2D eigenvalue weighted by Crippen LogP contribution is -2.03. The fourth-order valence-electron chi connectivity index (χ4n) is 3.51. The highest BCUT2D eigenvalue weighted by atomic mass is 32.2. The normalized spacial score (nSPS) is 12.3. The molecule has 4 aromatic rings. The van der Waals surface area contributed by atoms with Gasteiger partial charge in [-0.1, -0.05) is 41.4 Å². The molecule has 0 aliphatic carbocycles. The van der Waals surface area contributed by atoms with Crippen LogP contribution in [0.3, 0.4) is 0 Å². The van der Waals surface area contributed by atoms with E-state index in [1.165, 1.54) is 23.0 Å². The van der Waals surface area contributed by atoms with Crippen LogP contribution in [-0.4, -0.2) is 33.2 Å². The van der Waals surface area contributed by atoms with Crippen molar-refractivity contribution in [2.45, 2.75) is 12.2 Å². The predicted octanol–water partition coefficient (Wildman–Crippen LogP) is 5.50. The number of hydrogen-bond acceptors (Lipinski definition) is 6. The summed E-state index contributed by atoms with van der Waals surface area (Å²) in [4.78, 5) is 4.95. The van der Waals surface area contributed by atoms with Gasteiger partial charge in [0.05, 0.1) is 24.9 Å². The van der Waals surface area contributed by atoms with Crippen molar-refractivity contribution in [1.29, 1.82) is 0 Å². The zero-order valence-corrected chi connectivity index (χ0v) is 18.7. The molecule has 0 aliphatic rings. The Kier molecular flexibility index (Phi) is 7.19. The molecule has 0 bridgehead atoms. The number of para-hydroxylation sites is 1. The van der Waals surface area contributed by atoms with Crippen LogP contribution in [0.2, 0.25) is 0 Å². The van der Waals surface area contributed by atoms with Gasteiger partial charge in [0.15, 0.2) is 0 Å². The lowest BCUT2D eigenvalue weighted by atomic mass is 9.98. The maximum Gasteiger partial charge on any atom is 0.119 e. The smallest absolute Gasteiger partial charge is 0.119 e. The summed E-state index contributed by atoms with van der Waals surface area (Å²) in [7, 11) is 1.68. The molecule has 1 atom stereocenters. The molecule has 3 aromatic carbocycles. The zero-order valence-electron chi connectivity index (χ0n) is 17.1. The quantitative estimate of drug-likeness (QED) is 0.145. The van der Waals surface area contributed by atoms with Crippen molar-refractivity contribution in [2.24, 2.45) is 0 Å². The molecule has 7 heteroatoms. The van der Waals surface area contributed by atoms with Crippen LogP contribution in [0.5, 0.6) is 5.75 Å². The summed E-state index contributed by atoms with van der Waals surface area (Å²) >= 11 is -0.605. The Morgan fingerprint density at radius 2 is 1.81 bits per heavy atom. The third kappa shape index (κ3) is 5.25. The van der Waals surface area contributed by atoms with Gasteiger partial charge in [-0.25, -0.2) is 4.98 Å². The summed E-state index contributed by atoms with van der Waals surface area (Å²) in [5, 5.41) is 3.39. The standard InChI is InChI=1S/C24H23NO4S2/c1-28-30-16-17-7-12-21-22(15-17)20-5-2-3-6-23(20)25-24(21)18-8-10-19(11-9-18)29-13-4-14-31(26)27/h2-3,5-12,15H,4,13-14,16H2,1H3,(H,26,27)/p-1. The zero-order chi connectivity index (χ0) is 21.6. The molecule has 31 heavy (non-hydrogen) atoms. The van der Waals surface area contributed by atoms with Gasteiger partial charge in [0, 0.05) is 27.8 Å². The minimum absolute atomic E-state index is 0.107. The minimum Gasteiger partial charge on any atom is -0.772 e. The van der Waals surface area contributed by atoms with Crippen molar-refractivity contribution < 1.29 is 17.7 Å². The monoisotopic (exact) mass is 452 g/mol. The van der Waals surface area contributed by atoms with Crippen LogP contribution in [0.1, 0.15) is 12.0 Å². The summed E-state index contributed by atoms with van der Waals surface area (Å²) in [6.45, 7) is 0.368. The van der Waals surface area contributed by atoms with Crippen LogP contribution in [0.15, 0.2) is 66.7 Å². The summed E-state index contributed by atoms with van der Waals surface area (Å²) in [6.07, 6.45) is 0.471. The molecule has 0 radical (unpaired) electrons. The Morgan fingerprint density at radius 1 is 1.00 bits per heavy atom. The molecule has 0 spiro atoms. The Bertz CT molecular complexity index is 1210. The molecule has 0 aliphatic heterocycles. The minimum atomic E-state index is -2.03. The molecule has 5 nitrogen and oxygen atoms in total. The molecular formula is C24H22NO4S2-. The number of rotatable bonds is 9. The summed E-state index contributed by atoms with van der Waals surface area (Å²) in [5.41, 5.74) is 4.08. The van der Waals surface area contributed by atoms with Crippen LogP contribution < -0.4 is 4.74 Å². The highest BCUT2D eigenvalue weighted by Gasteiger charge is 2.11. The van der Waals surface area contributed by atoms with Crippen molar-refractivity contribution in [3.63, 3.8) is 0 Å². The average Bonchev–Trinajstić information content (AvgIpc) is 2.80. The fraction of sp³-hybridized carbons (Fsp3) is 0.208. The van der Waals surface area contributed by atoms with E-state index in [1.54, 1.807) is 7.11 Å². The number of benzene rings is 3. The van der Waals surface area contributed by atoms with Crippen LogP contribution in [-0.2, 0) is 21.0 Å². The van der Waals surface area contributed by atoms with Crippen LogP contribution >= 0.6 is 12.0 Å². The van der Waals surface area contributed by atoms with Gasteiger partial charge in [-0.3, -0.25) is 4.21 Å². The second-order valence-electron chi connectivity index (χ2n) is 7.02. The topological polar surface area (TPSA) is 71.5 Å². The maximum atomic E-state index is 10.6. The molecular weight excluding hydrogens is 430 g/mol. The molecule has 0 saturated carbocycles. The van der Waals surface area contributed by atoms with Gasteiger partial charge in [-0.05, 0) is 65.8 Å². The van der Waals surface area contributed by atoms with Crippen molar-refractivity contribution in [3.05, 3.63) is 72.3 Å². The molecule has 0 fully saturated rings. The van der Waals surface area contributed by atoms with E-state index in [0.717, 1.165) is 33.3 Å². The van der Waals surface area contributed by atoms with Crippen LogP contribution in [0.25, 0.3) is 32.9 Å². The second-order valence-corrected chi connectivity index (χ2v) is 8.89. The maximum absolute atomic E-state index is 10.6. The number of aromatic nitrogens is 1. The molecule has 160 valence electrons. The highest BCUT2D eigenvalue weighted by molar-refractivity contribution is 7.93. The van der Waals surface area contributed by atoms with E-state index in [-0.39, 0.29) is 5.75 Å². The molecule has 0 saturated heterocycles. The van der Waals surface area contributed by atoms with Crippen LogP contribution in [0.4, 0.5) is 0 Å². The van der Waals surface area contributed by atoms with Gasteiger partial charge in [0.25, 0.3) is 0 Å². The third-order valence-electron chi connectivity index (χ3n) is 4.96. The van der Waals surface area contributed by atoms with Crippen molar-refractivity contribution >= 4 is 44.8 Å². The number of fused-ring (bicyclic) bond motifs is 3. The first kappa shape index (κ1) is 21.8.